The second kappa shape index (κ2) is 9.66. The molecule has 124 valence electrons. The molecule has 0 bridgehead atoms. The van der Waals surface area contributed by atoms with Gasteiger partial charge in [-0.1, -0.05) is 0 Å². The first-order valence-corrected chi connectivity index (χ1v) is 6.87. The number of carbonyl (C=O) groups excluding carboxylic acids is 1. The normalized spacial score (nSPS) is 9.65. The van der Waals surface area contributed by atoms with Crippen LogP contribution in [-0.4, -0.2) is 31.6 Å². The van der Waals surface area contributed by atoms with Crippen LogP contribution in [0.3, 0.4) is 0 Å². The molecule has 1 aromatic heterocycles. The summed E-state index contributed by atoms with van der Waals surface area (Å²) in [6.07, 6.45) is 3.43. The number of likely N-dealkylation sites (N-methyl/N-ethyl adjacent to an activating group) is 1. The molecule has 0 aliphatic rings. The molecule has 1 amide bonds. The Morgan fingerprint density at radius 3 is 2.57 bits per heavy atom. The molecule has 1 heterocycles. The van der Waals surface area contributed by atoms with Crippen LogP contribution in [0.2, 0.25) is 0 Å². The number of hydrogen-bond donors (Lipinski definition) is 2. The van der Waals surface area contributed by atoms with Crippen molar-refractivity contribution in [1.82, 2.24) is 10.3 Å². The van der Waals surface area contributed by atoms with Crippen molar-refractivity contribution in [3.05, 3.63) is 48.3 Å². The summed E-state index contributed by atoms with van der Waals surface area (Å²) < 4.78 is 11.1. The molecule has 1 aromatic carbocycles. The van der Waals surface area contributed by atoms with Gasteiger partial charge >= 0.3 is 0 Å². The van der Waals surface area contributed by atoms with Gasteiger partial charge in [0.25, 0.3) is 0 Å². The summed E-state index contributed by atoms with van der Waals surface area (Å²) in [5.41, 5.74) is 1.66. The van der Waals surface area contributed by atoms with E-state index in [1.165, 1.54) is 0 Å². The number of amides is 1. The highest BCUT2D eigenvalue weighted by Gasteiger charge is 2.08. The minimum absolute atomic E-state index is 0. The topological polar surface area (TPSA) is 72.5 Å². The predicted molar refractivity (Wildman–Crippen MR) is 91.4 cm³/mol. The quantitative estimate of drug-likeness (QED) is 0.810. The fourth-order valence-corrected chi connectivity index (χ4v) is 1.87. The number of halogens is 1. The number of hydrogen-bond acceptors (Lipinski definition) is 5. The zero-order chi connectivity index (χ0) is 15.8. The number of carbonyl (C=O) groups is 1. The number of ether oxygens (including phenoxy) is 2. The monoisotopic (exact) mass is 337 g/mol. The van der Waals surface area contributed by atoms with Crippen molar-refractivity contribution >= 4 is 24.0 Å². The predicted octanol–water partition coefficient (Wildman–Crippen LogP) is 2.25. The standard InChI is InChI=1S/C16H19N3O3.ClH/c1-17-10-16(20)19-13-3-4-14(21-2)15(9-13)22-11-12-5-7-18-8-6-12;/h3-9,17H,10-11H2,1-2H3,(H,19,20);1H. The summed E-state index contributed by atoms with van der Waals surface area (Å²) in [7, 11) is 3.30. The molecule has 6 nitrogen and oxygen atoms in total. The van der Waals surface area contributed by atoms with Crippen LogP contribution in [0, 0.1) is 0 Å². The van der Waals surface area contributed by atoms with Gasteiger partial charge in [-0.25, -0.2) is 0 Å². The summed E-state index contributed by atoms with van der Waals surface area (Å²) >= 11 is 0. The molecular formula is C16H20ClN3O3. The van der Waals surface area contributed by atoms with E-state index in [1.807, 2.05) is 12.1 Å². The molecule has 2 N–H and O–H groups in total. The van der Waals surface area contributed by atoms with Crippen molar-refractivity contribution in [3.8, 4) is 11.5 Å². The number of methoxy groups -OCH3 is 1. The first-order chi connectivity index (χ1) is 10.7. The molecule has 0 radical (unpaired) electrons. The first-order valence-electron chi connectivity index (χ1n) is 6.87. The van der Waals surface area contributed by atoms with Crippen LogP contribution < -0.4 is 20.1 Å². The van der Waals surface area contributed by atoms with Crippen molar-refractivity contribution in [2.24, 2.45) is 0 Å². The summed E-state index contributed by atoms with van der Waals surface area (Å²) in [6, 6.07) is 9.03. The van der Waals surface area contributed by atoms with E-state index in [2.05, 4.69) is 15.6 Å². The number of aromatic nitrogens is 1. The number of pyridine rings is 1. The maximum absolute atomic E-state index is 11.6. The lowest BCUT2D eigenvalue weighted by Crippen LogP contribution is -2.25. The average molecular weight is 338 g/mol. The highest BCUT2D eigenvalue weighted by Crippen LogP contribution is 2.30. The van der Waals surface area contributed by atoms with Gasteiger partial charge in [0.2, 0.25) is 5.91 Å². The molecule has 0 saturated heterocycles. The van der Waals surface area contributed by atoms with Gasteiger partial charge in [0.15, 0.2) is 11.5 Å². The third-order valence-electron chi connectivity index (χ3n) is 2.93. The molecule has 0 saturated carbocycles. The minimum atomic E-state index is -0.118. The Labute approximate surface area is 141 Å². The number of benzene rings is 1. The van der Waals surface area contributed by atoms with Gasteiger partial charge in [0.05, 0.1) is 13.7 Å². The maximum Gasteiger partial charge on any atom is 0.238 e. The Morgan fingerprint density at radius 2 is 1.91 bits per heavy atom. The smallest absolute Gasteiger partial charge is 0.238 e. The zero-order valence-corrected chi connectivity index (χ0v) is 13.9. The lowest BCUT2D eigenvalue weighted by Gasteiger charge is -2.13. The van der Waals surface area contributed by atoms with Crippen LogP contribution in [0.4, 0.5) is 5.69 Å². The summed E-state index contributed by atoms with van der Waals surface area (Å²) in [4.78, 5) is 15.6. The molecule has 23 heavy (non-hydrogen) atoms. The molecule has 0 aliphatic carbocycles. The highest BCUT2D eigenvalue weighted by atomic mass is 35.5. The Morgan fingerprint density at radius 1 is 1.17 bits per heavy atom. The van der Waals surface area contributed by atoms with Crippen LogP contribution in [0.15, 0.2) is 42.7 Å². The lowest BCUT2D eigenvalue weighted by atomic mass is 10.2. The first kappa shape index (κ1) is 18.7. The molecule has 0 aliphatic heterocycles. The maximum atomic E-state index is 11.6. The van der Waals surface area contributed by atoms with Crippen molar-refractivity contribution in [1.29, 1.82) is 0 Å². The average Bonchev–Trinajstić information content (AvgIpc) is 2.54. The highest BCUT2D eigenvalue weighted by molar-refractivity contribution is 5.92. The van der Waals surface area contributed by atoms with Gasteiger partial charge < -0.3 is 20.1 Å². The van der Waals surface area contributed by atoms with E-state index in [-0.39, 0.29) is 24.9 Å². The molecule has 2 aromatic rings. The summed E-state index contributed by atoms with van der Waals surface area (Å²) in [5.74, 6) is 1.06. The summed E-state index contributed by atoms with van der Waals surface area (Å²) in [5, 5.41) is 5.58. The minimum Gasteiger partial charge on any atom is -0.493 e. The van der Waals surface area contributed by atoms with E-state index in [4.69, 9.17) is 9.47 Å². The third kappa shape index (κ3) is 5.77. The number of anilines is 1. The van der Waals surface area contributed by atoms with Gasteiger partial charge in [0, 0.05) is 24.1 Å². The van der Waals surface area contributed by atoms with E-state index in [0.29, 0.717) is 23.8 Å². The van der Waals surface area contributed by atoms with Gasteiger partial charge in [-0.3, -0.25) is 9.78 Å². The third-order valence-corrected chi connectivity index (χ3v) is 2.93. The van der Waals surface area contributed by atoms with E-state index < -0.39 is 0 Å². The Balaban J connectivity index is 0.00000264. The van der Waals surface area contributed by atoms with Gasteiger partial charge in [-0.05, 0) is 36.9 Å². The van der Waals surface area contributed by atoms with Crippen LogP contribution in [0.1, 0.15) is 5.56 Å². The van der Waals surface area contributed by atoms with Gasteiger partial charge in [0.1, 0.15) is 6.61 Å². The molecule has 0 atom stereocenters. The van der Waals surface area contributed by atoms with Crippen LogP contribution >= 0.6 is 12.4 Å². The Bertz CT molecular complexity index is 623. The second-order valence-corrected chi connectivity index (χ2v) is 4.59. The van der Waals surface area contributed by atoms with Crippen molar-refractivity contribution in [3.63, 3.8) is 0 Å². The molecule has 0 fully saturated rings. The molecule has 2 rings (SSSR count). The van der Waals surface area contributed by atoms with Crippen molar-refractivity contribution < 1.29 is 14.3 Å². The Hall–Kier alpha value is -2.31. The number of nitrogens with one attached hydrogen (secondary N) is 2. The number of rotatable bonds is 7. The fourth-order valence-electron chi connectivity index (χ4n) is 1.87. The van der Waals surface area contributed by atoms with Crippen LogP contribution in [0.5, 0.6) is 11.5 Å². The van der Waals surface area contributed by atoms with Gasteiger partial charge in [-0.2, -0.15) is 0 Å². The summed E-state index contributed by atoms with van der Waals surface area (Å²) in [6.45, 7) is 0.645. The molecule has 0 spiro atoms. The van der Waals surface area contributed by atoms with Gasteiger partial charge in [-0.15, -0.1) is 12.4 Å². The SMILES string of the molecule is CNCC(=O)Nc1ccc(OC)c(OCc2ccncc2)c1.Cl. The molecule has 0 unspecified atom stereocenters. The largest absolute Gasteiger partial charge is 0.493 e. The molecule has 7 heteroatoms. The van der Waals surface area contributed by atoms with E-state index >= 15 is 0 Å². The van der Waals surface area contributed by atoms with E-state index in [1.54, 1.807) is 44.8 Å². The zero-order valence-electron chi connectivity index (χ0n) is 13.0. The van der Waals surface area contributed by atoms with Crippen LogP contribution in [0.25, 0.3) is 0 Å². The van der Waals surface area contributed by atoms with E-state index in [0.717, 1.165) is 5.56 Å². The fraction of sp³-hybridized carbons (Fsp3) is 0.250. The van der Waals surface area contributed by atoms with Crippen LogP contribution in [-0.2, 0) is 11.4 Å². The Kier molecular flexibility index (Phi) is 7.87. The molecular weight excluding hydrogens is 318 g/mol. The lowest BCUT2D eigenvalue weighted by molar-refractivity contribution is -0.115. The number of nitrogens with zero attached hydrogens (tertiary/aromatic N) is 1. The van der Waals surface area contributed by atoms with Crippen molar-refractivity contribution in [2.75, 3.05) is 26.0 Å². The van der Waals surface area contributed by atoms with E-state index in [9.17, 15) is 4.79 Å². The second-order valence-electron chi connectivity index (χ2n) is 4.59. The van der Waals surface area contributed by atoms with Crippen molar-refractivity contribution in [2.45, 2.75) is 6.61 Å².